The second-order valence-corrected chi connectivity index (χ2v) is 19.3. The van der Waals surface area contributed by atoms with E-state index in [1.807, 2.05) is 4.98 Å². The number of nitrogens with zero attached hydrogens (tertiary/aromatic N) is 3. The first-order chi connectivity index (χ1) is 29.8. The standard InChI is InChI=1S/C30H40N6O24P4/c1-13-7-34(28(40)31-25(13)37)22-4-16(58-62(45,46)47)20(56-22)11-53-64(50,51)60-18-6-24(36-9-15(3)27(39)33-30(36)42)57-21(18)12-54-63(48,49)59-17-5-23(55-19(17)10-52-61(43)44)35-8-14(2)26(38)32-29(35)41/h7-9,16-24H,4-6,10-12H2,1-3H3,(H7-,31,32,33,37,38,39,40,41,42,43,44,45,46,47,48,49,50,51)/p+1/t16-,17-,18-,19+,20+,21+,22+,23+,24+/m0/s1. The summed E-state index contributed by atoms with van der Waals surface area (Å²) in [5, 5.41) is 0. The molecule has 0 radical (unpaired) electrons. The highest BCUT2D eigenvalue weighted by atomic mass is 31.2. The lowest BCUT2D eigenvalue weighted by atomic mass is 10.2. The van der Waals surface area contributed by atoms with Crippen LogP contribution in [0.25, 0.3) is 0 Å². The Morgan fingerprint density at radius 1 is 0.594 bits per heavy atom. The third-order valence-electron chi connectivity index (χ3n) is 9.87. The average Bonchev–Trinajstić information content (AvgIpc) is 3.89. The largest absolute Gasteiger partial charge is 0.694 e. The fourth-order valence-corrected chi connectivity index (χ4v) is 9.62. The number of phosphoric acid groups is 3. The van der Waals surface area contributed by atoms with Crippen LogP contribution >= 0.6 is 31.7 Å². The van der Waals surface area contributed by atoms with E-state index in [-0.39, 0.29) is 23.1 Å². The number of ether oxygens (including phenoxy) is 3. The van der Waals surface area contributed by atoms with E-state index in [2.05, 4.69) is 9.97 Å². The Morgan fingerprint density at radius 3 is 1.22 bits per heavy atom. The van der Waals surface area contributed by atoms with Gasteiger partial charge in [0.2, 0.25) is 0 Å². The molecule has 3 aliphatic rings. The SMILES string of the molecule is Cc1cn([C@H]2C[C@H](OP(=O)(O)O)[C@@H](COP(=O)(O)O[C@H]3C[C@H](n4cc(C)c(=O)[nH]c4=O)O[C@@H]3COP(=O)(O)O[C@H]3C[C@H](n4cc(C)c(=O)[nH]c4=O)O[C@@H]3CO[P+](=O)O)O2)c(=O)[nH]c1=O. The van der Waals surface area contributed by atoms with Gasteiger partial charge in [-0.2, -0.15) is 0 Å². The second kappa shape index (κ2) is 19.6. The summed E-state index contributed by atoms with van der Waals surface area (Å²) in [5.74, 6) is 0. The molecule has 3 aromatic rings. The lowest BCUT2D eigenvalue weighted by Gasteiger charge is -2.24. The molecule has 0 aliphatic carbocycles. The van der Waals surface area contributed by atoms with Crippen LogP contribution in [0.3, 0.4) is 0 Å². The van der Waals surface area contributed by atoms with Crippen LogP contribution in [-0.2, 0) is 59.6 Å². The number of aromatic nitrogens is 6. The van der Waals surface area contributed by atoms with Gasteiger partial charge in [0.25, 0.3) is 16.7 Å². The zero-order valence-electron chi connectivity index (χ0n) is 33.3. The van der Waals surface area contributed by atoms with Gasteiger partial charge in [0.1, 0.15) is 61.9 Å². The number of aromatic amines is 3. The Hall–Kier alpha value is -3.73. The Balaban J connectivity index is 1.18. The summed E-state index contributed by atoms with van der Waals surface area (Å²) in [5.41, 5.74) is -4.85. The third kappa shape index (κ3) is 12.4. The van der Waals surface area contributed by atoms with Crippen molar-refractivity contribution in [2.45, 2.75) is 95.3 Å². The van der Waals surface area contributed by atoms with Gasteiger partial charge in [-0.15, -0.1) is 9.42 Å². The fraction of sp³-hybridized carbons (Fsp3) is 0.600. The summed E-state index contributed by atoms with van der Waals surface area (Å²) in [6.07, 6.45) is -11.2. The molecular formula is C30H41N6O24P4+. The van der Waals surface area contributed by atoms with Crippen LogP contribution < -0.4 is 33.7 Å². The summed E-state index contributed by atoms with van der Waals surface area (Å²) in [7, 11) is -19.1. The minimum atomic E-state index is -5.35. The van der Waals surface area contributed by atoms with Gasteiger partial charge in [-0.3, -0.25) is 65.7 Å². The van der Waals surface area contributed by atoms with E-state index in [0.717, 1.165) is 32.3 Å². The first-order valence-electron chi connectivity index (χ1n) is 18.5. The summed E-state index contributed by atoms with van der Waals surface area (Å²) in [6.45, 7) is 1.43. The fourth-order valence-electron chi connectivity index (χ4n) is 6.85. The zero-order valence-corrected chi connectivity index (χ0v) is 36.9. The number of nitrogens with one attached hydrogen (secondary N) is 3. The van der Waals surface area contributed by atoms with Crippen molar-refractivity contribution in [2.75, 3.05) is 19.8 Å². The zero-order chi connectivity index (χ0) is 47.1. The molecule has 12 atom stereocenters. The molecule has 0 bridgehead atoms. The molecule has 6 heterocycles. The van der Waals surface area contributed by atoms with Crippen molar-refractivity contribution in [3.05, 3.63) is 97.8 Å². The maximum absolute atomic E-state index is 13.5. The Morgan fingerprint density at radius 2 is 0.906 bits per heavy atom. The molecule has 3 aromatic heterocycles. The second-order valence-electron chi connectivity index (χ2n) is 14.5. The van der Waals surface area contributed by atoms with Crippen molar-refractivity contribution >= 4 is 31.7 Å². The molecule has 354 valence electrons. The summed E-state index contributed by atoms with van der Waals surface area (Å²) >= 11 is 0. The molecular weight excluding hydrogens is 952 g/mol. The summed E-state index contributed by atoms with van der Waals surface area (Å²) in [6, 6.07) is 0. The van der Waals surface area contributed by atoms with E-state index in [0.29, 0.717) is 0 Å². The molecule has 30 nitrogen and oxygen atoms in total. The Kier molecular flexibility index (Phi) is 15.2. The topological polar surface area (TPSA) is 417 Å². The Labute approximate surface area is 357 Å². The molecule has 64 heavy (non-hydrogen) atoms. The maximum atomic E-state index is 13.5. The van der Waals surface area contributed by atoms with Crippen LogP contribution in [-0.4, -0.2) is 110 Å². The molecule has 3 saturated heterocycles. The predicted octanol–water partition coefficient (Wildman–Crippen LogP) is -1.43. The van der Waals surface area contributed by atoms with Crippen molar-refractivity contribution in [1.29, 1.82) is 0 Å². The van der Waals surface area contributed by atoms with Gasteiger partial charge < -0.3 is 33.8 Å². The molecule has 0 spiro atoms. The molecule has 0 amide bonds. The third-order valence-corrected chi connectivity index (χ3v) is 12.8. The van der Waals surface area contributed by atoms with Crippen LogP contribution in [0.2, 0.25) is 0 Å². The van der Waals surface area contributed by atoms with Crippen LogP contribution in [0, 0.1) is 20.8 Å². The van der Waals surface area contributed by atoms with Crippen LogP contribution in [0.15, 0.2) is 47.4 Å². The van der Waals surface area contributed by atoms with Crippen molar-refractivity contribution in [3.8, 4) is 0 Å². The minimum absolute atomic E-state index is 0.0340. The van der Waals surface area contributed by atoms with Gasteiger partial charge in [0, 0.05) is 59.1 Å². The highest BCUT2D eigenvalue weighted by Crippen LogP contribution is 2.52. The first kappa shape index (κ1) is 49.7. The minimum Gasteiger partial charge on any atom is -0.349 e. The van der Waals surface area contributed by atoms with Gasteiger partial charge in [-0.05, 0) is 20.8 Å². The lowest BCUT2D eigenvalue weighted by molar-refractivity contribution is -0.0608. The highest BCUT2D eigenvalue weighted by Gasteiger charge is 2.48. The van der Waals surface area contributed by atoms with Gasteiger partial charge in [-0.1, -0.05) is 0 Å². The quantitative estimate of drug-likeness (QED) is 0.0678. The van der Waals surface area contributed by atoms with Gasteiger partial charge in [-0.25, -0.2) is 28.1 Å². The van der Waals surface area contributed by atoms with E-state index < -0.39 is 153 Å². The van der Waals surface area contributed by atoms with E-state index in [9.17, 15) is 71.5 Å². The van der Waals surface area contributed by atoms with Crippen molar-refractivity contribution in [1.82, 2.24) is 28.7 Å². The van der Waals surface area contributed by atoms with E-state index in [4.69, 9.17) is 41.4 Å². The smallest absolute Gasteiger partial charge is 0.349 e. The van der Waals surface area contributed by atoms with Crippen molar-refractivity contribution in [2.24, 2.45) is 0 Å². The molecule has 3 unspecified atom stereocenters. The van der Waals surface area contributed by atoms with Gasteiger partial charge >= 0.3 is 48.8 Å². The molecule has 8 N–H and O–H groups in total. The van der Waals surface area contributed by atoms with Crippen LogP contribution in [0.5, 0.6) is 0 Å². The molecule has 34 heteroatoms. The predicted molar refractivity (Wildman–Crippen MR) is 208 cm³/mol. The summed E-state index contributed by atoms with van der Waals surface area (Å²) < 4.78 is 100. The molecule has 0 saturated carbocycles. The van der Waals surface area contributed by atoms with Crippen LogP contribution in [0.1, 0.15) is 54.6 Å². The number of phosphoric ester groups is 3. The number of hydrogen-bond acceptors (Lipinski definition) is 19. The van der Waals surface area contributed by atoms with Gasteiger partial charge in [0.05, 0.1) is 13.2 Å². The average molecular weight is 994 g/mol. The number of rotatable bonds is 18. The van der Waals surface area contributed by atoms with Crippen molar-refractivity contribution < 1.29 is 84.1 Å². The first-order valence-corrected chi connectivity index (χ1v) is 24.2. The molecule has 3 fully saturated rings. The van der Waals surface area contributed by atoms with Crippen molar-refractivity contribution in [3.63, 3.8) is 0 Å². The molecule has 0 aromatic carbocycles. The number of H-pyrrole nitrogens is 3. The maximum Gasteiger partial charge on any atom is 0.694 e. The number of aryl methyl sites for hydroxylation is 3. The highest BCUT2D eigenvalue weighted by molar-refractivity contribution is 7.47. The molecule has 3 aliphatic heterocycles. The summed E-state index contributed by atoms with van der Waals surface area (Å²) in [4.78, 5) is 130. The normalized spacial score (nSPS) is 28.2. The van der Waals surface area contributed by atoms with Gasteiger partial charge in [0.15, 0.2) is 0 Å². The van der Waals surface area contributed by atoms with E-state index >= 15 is 0 Å². The van der Waals surface area contributed by atoms with Crippen LogP contribution in [0.4, 0.5) is 0 Å². The number of hydrogen-bond donors (Lipinski definition) is 8. The Bertz CT molecular complexity index is 2760. The molecule has 6 rings (SSSR count). The monoisotopic (exact) mass is 993 g/mol. The lowest BCUT2D eigenvalue weighted by Crippen LogP contribution is -2.33. The van der Waals surface area contributed by atoms with E-state index in [1.54, 1.807) is 0 Å². The van der Waals surface area contributed by atoms with E-state index in [1.165, 1.54) is 20.8 Å².